The molecule has 1 rings (SSSR count). The van der Waals surface area contributed by atoms with Gasteiger partial charge in [0.25, 0.3) is 0 Å². The summed E-state index contributed by atoms with van der Waals surface area (Å²) in [5.74, 6) is -11.3. The Hall–Kier alpha value is -5.67. The number of hydrogen-bond donors (Lipinski definition) is 18. The van der Waals surface area contributed by atoms with Crippen LogP contribution in [0.25, 0.3) is 0 Å². The molecule has 0 aromatic heterocycles. The number of hydrogen-bond acceptors (Lipinski definition) is 19. The van der Waals surface area contributed by atoms with Gasteiger partial charge in [0, 0.05) is 23.8 Å². The number of thiol groups is 1. The highest BCUT2D eigenvalue weighted by Gasteiger charge is 2.35. The van der Waals surface area contributed by atoms with Crippen molar-refractivity contribution >= 4 is 105 Å². The van der Waals surface area contributed by atoms with Gasteiger partial charge in [-0.3, -0.25) is 57.7 Å². The van der Waals surface area contributed by atoms with Gasteiger partial charge in [0.05, 0.1) is 31.7 Å². The SMILES string of the molecule is CC(O)C1NC(=O)C(CCCN)NC(=O)C(CCCCN)NC(=O)C(CC(N)=O)NC(=O)CNC(=O)C(NC(=O)C(N)CS)CSSCC(C(N)=O)NC(=O)CNC(=O)C(CCCN=C(N)N)NC1=O. The number of carbonyl (C=O) groups excluding carboxylic acids is 11. The van der Waals surface area contributed by atoms with Crippen LogP contribution in [0.5, 0.6) is 0 Å². The molecule has 70 heavy (non-hydrogen) atoms. The van der Waals surface area contributed by atoms with Gasteiger partial charge in [0.2, 0.25) is 65.0 Å². The van der Waals surface area contributed by atoms with Crippen LogP contribution in [0.2, 0.25) is 0 Å². The topological polar surface area (TPSA) is 511 Å². The minimum atomic E-state index is -1.75. The minimum absolute atomic E-state index is 0.00657. The Balaban J connectivity index is 3.76. The fraction of sp³-hybridized carbons (Fsp3) is 0.684. The molecule has 1 aliphatic rings. The first-order valence-corrected chi connectivity index (χ1v) is 25.1. The average Bonchev–Trinajstić information content (AvgIpc) is 3.29. The van der Waals surface area contributed by atoms with Crippen LogP contribution in [0.3, 0.4) is 0 Å². The highest BCUT2D eigenvalue weighted by atomic mass is 33.1. The third kappa shape index (κ3) is 24.7. The third-order valence-electron chi connectivity index (χ3n) is 9.85. The number of aliphatic imine (C=N–C) groups is 1. The van der Waals surface area contributed by atoms with Crippen LogP contribution in [-0.4, -0.2) is 180 Å². The van der Waals surface area contributed by atoms with E-state index in [0.29, 0.717) is 6.42 Å². The van der Waals surface area contributed by atoms with E-state index in [2.05, 4.69) is 65.5 Å². The molecule has 32 heteroatoms. The number of aliphatic hydroxyl groups excluding tert-OH is 1. The molecule has 1 heterocycles. The maximum absolute atomic E-state index is 13.9. The van der Waals surface area contributed by atoms with Crippen LogP contribution >= 0.6 is 34.2 Å². The van der Waals surface area contributed by atoms with Gasteiger partial charge in [0.1, 0.15) is 42.3 Å². The van der Waals surface area contributed by atoms with E-state index >= 15 is 0 Å². The highest BCUT2D eigenvalue weighted by Crippen LogP contribution is 2.23. The molecule has 0 bridgehead atoms. The molecule has 1 fully saturated rings. The predicted octanol–water partition coefficient (Wildman–Crippen LogP) is -9.07. The molecule has 9 atom stereocenters. The molecule has 0 spiro atoms. The Labute approximate surface area is 417 Å². The monoisotopic (exact) mass is 1050 g/mol. The van der Waals surface area contributed by atoms with Crippen LogP contribution in [0, 0.1) is 0 Å². The van der Waals surface area contributed by atoms with Gasteiger partial charge in [-0.05, 0) is 65.0 Å². The largest absolute Gasteiger partial charge is 0.391 e. The van der Waals surface area contributed by atoms with Crippen molar-refractivity contribution in [3.05, 3.63) is 0 Å². The van der Waals surface area contributed by atoms with Crippen LogP contribution in [0.4, 0.5) is 0 Å². The molecule has 396 valence electrons. The quantitative estimate of drug-likeness (QED) is 0.0199. The van der Waals surface area contributed by atoms with Crippen molar-refractivity contribution in [3.8, 4) is 0 Å². The van der Waals surface area contributed by atoms with Crippen molar-refractivity contribution in [2.45, 2.75) is 113 Å². The van der Waals surface area contributed by atoms with Gasteiger partial charge in [-0.25, -0.2) is 0 Å². The zero-order valence-corrected chi connectivity index (χ0v) is 41.2. The van der Waals surface area contributed by atoms with Crippen LogP contribution in [0.1, 0.15) is 58.3 Å². The number of aliphatic hydroxyl groups is 1. The summed E-state index contributed by atoms with van der Waals surface area (Å²) in [5.41, 5.74) is 38.9. The van der Waals surface area contributed by atoms with Gasteiger partial charge in [-0.15, -0.1) is 0 Å². The summed E-state index contributed by atoms with van der Waals surface area (Å²) >= 11 is 4.00. The molecule has 0 aromatic rings. The molecule has 11 amide bonds. The lowest BCUT2D eigenvalue weighted by Crippen LogP contribution is -2.61. The number of nitrogens with zero attached hydrogens (tertiary/aromatic N) is 1. The number of nitrogens with one attached hydrogen (secondary N) is 9. The number of guanidine groups is 1. The van der Waals surface area contributed by atoms with Crippen molar-refractivity contribution in [2.24, 2.45) is 45.1 Å². The number of nitrogens with two attached hydrogens (primary N) is 7. The summed E-state index contributed by atoms with van der Waals surface area (Å²) < 4.78 is 0. The van der Waals surface area contributed by atoms with Crippen molar-refractivity contribution < 1.29 is 57.8 Å². The molecule has 29 nitrogen and oxygen atoms in total. The van der Waals surface area contributed by atoms with Crippen molar-refractivity contribution in [1.82, 2.24) is 47.9 Å². The van der Waals surface area contributed by atoms with E-state index in [-0.39, 0.29) is 81.4 Å². The first-order chi connectivity index (χ1) is 33.0. The van der Waals surface area contributed by atoms with Crippen molar-refractivity contribution in [2.75, 3.05) is 50.0 Å². The first kappa shape index (κ1) is 62.3. The summed E-state index contributed by atoms with van der Waals surface area (Å²) in [6.45, 7) is -0.120. The van der Waals surface area contributed by atoms with E-state index in [9.17, 15) is 57.8 Å². The molecule has 24 N–H and O–H groups in total. The smallest absolute Gasteiger partial charge is 0.245 e. The van der Waals surface area contributed by atoms with E-state index in [1.807, 2.05) is 0 Å². The summed E-state index contributed by atoms with van der Waals surface area (Å²) in [7, 11) is 1.88. The van der Waals surface area contributed by atoms with Crippen molar-refractivity contribution in [1.29, 1.82) is 0 Å². The molecular formula is C38H69N17O12S3. The lowest BCUT2D eigenvalue weighted by molar-refractivity contribution is -0.137. The second-order valence-electron chi connectivity index (χ2n) is 15.7. The Morgan fingerprint density at radius 3 is 1.76 bits per heavy atom. The Bertz CT molecular complexity index is 1850. The van der Waals surface area contributed by atoms with E-state index in [0.717, 1.165) is 21.6 Å². The molecule has 0 radical (unpaired) electrons. The second kappa shape index (κ2) is 33.8. The van der Waals surface area contributed by atoms with E-state index < -0.39 is 139 Å². The van der Waals surface area contributed by atoms with Crippen LogP contribution in [-0.2, 0) is 52.7 Å². The number of carbonyl (C=O) groups is 11. The third-order valence-corrected chi connectivity index (χ3v) is 12.7. The van der Waals surface area contributed by atoms with Gasteiger partial charge in [-0.2, -0.15) is 12.6 Å². The summed E-state index contributed by atoms with van der Waals surface area (Å²) in [6.07, 6.45) is -1.78. The molecule has 1 saturated heterocycles. The maximum atomic E-state index is 13.9. The van der Waals surface area contributed by atoms with E-state index in [1.54, 1.807) is 0 Å². The van der Waals surface area contributed by atoms with Gasteiger partial charge in [-0.1, -0.05) is 21.6 Å². The molecule has 0 aromatic carbocycles. The summed E-state index contributed by atoms with van der Waals surface area (Å²) in [6, 6.07) is -11.6. The zero-order valence-electron chi connectivity index (χ0n) is 38.7. The van der Waals surface area contributed by atoms with Crippen molar-refractivity contribution in [3.63, 3.8) is 0 Å². The van der Waals surface area contributed by atoms with E-state index in [1.165, 1.54) is 6.92 Å². The number of amides is 11. The molecule has 9 unspecified atom stereocenters. The fourth-order valence-corrected chi connectivity index (χ4v) is 8.55. The zero-order chi connectivity index (χ0) is 52.9. The second-order valence-corrected chi connectivity index (χ2v) is 18.7. The average molecular weight is 1050 g/mol. The van der Waals surface area contributed by atoms with Crippen LogP contribution < -0.4 is 88.0 Å². The predicted molar refractivity (Wildman–Crippen MR) is 262 cm³/mol. The van der Waals surface area contributed by atoms with Gasteiger partial charge in [0.15, 0.2) is 5.96 Å². The number of rotatable bonds is 18. The Morgan fingerprint density at radius 2 is 1.20 bits per heavy atom. The molecule has 0 aliphatic carbocycles. The first-order valence-electron chi connectivity index (χ1n) is 22.0. The van der Waals surface area contributed by atoms with Gasteiger partial charge < -0.3 is 93.1 Å². The maximum Gasteiger partial charge on any atom is 0.245 e. The Kier molecular flexibility index (Phi) is 30.1. The highest BCUT2D eigenvalue weighted by molar-refractivity contribution is 8.76. The van der Waals surface area contributed by atoms with E-state index in [4.69, 9.17) is 40.1 Å². The lowest BCUT2D eigenvalue weighted by Gasteiger charge is -2.28. The molecular weight excluding hydrogens is 983 g/mol. The number of primary amides is 2. The summed E-state index contributed by atoms with van der Waals surface area (Å²) in [5, 5.41) is 32.2. The molecule has 0 saturated carbocycles. The number of unbranched alkanes of at least 4 members (excludes halogenated alkanes) is 1. The summed E-state index contributed by atoms with van der Waals surface area (Å²) in [4.78, 5) is 149. The lowest BCUT2D eigenvalue weighted by atomic mass is 10.0. The van der Waals surface area contributed by atoms with Gasteiger partial charge >= 0.3 is 0 Å². The molecule has 1 aliphatic heterocycles. The Morgan fingerprint density at radius 1 is 0.686 bits per heavy atom. The van der Waals surface area contributed by atoms with Crippen LogP contribution in [0.15, 0.2) is 4.99 Å². The standard InChI is InChI=1S/C38H69N17O12S3/c1-18(56)29-37(67)53-20(8-5-11-46-38(44)45)32(62)47-14-28(59)50-24(30(43)60)16-69-70-17-25(54-31(61)19(41)15-68)33(63)48-13-27(58)49-23(12-26(42)57)36(66)52-21(6-2-3-9-39)34(64)51-22(7-4-10-40)35(65)55-29/h18-25,29,56,68H,2-17,39-41H2,1H3,(H2,42,57)(H2,43,60)(H,47,62)(H,48,63)(H,49,58)(H,50,59)(H,51,64)(H,52,66)(H,53,67)(H,54,61)(H,55,65)(H4,44,45,46). The fourth-order valence-electron chi connectivity index (χ4n) is 6.04. The normalized spacial score (nSPS) is 24.3. The minimum Gasteiger partial charge on any atom is -0.391 e.